The second kappa shape index (κ2) is 8.28. The average molecular weight is 347 g/mol. The van der Waals surface area contributed by atoms with Gasteiger partial charge in [-0.3, -0.25) is 4.79 Å². The number of carbonyl (C=O) groups excluding carboxylic acids is 1. The molecule has 0 spiro atoms. The molecule has 0 radical (unpaired) electrons. The molecule has 1 aromatic carbocycles. The molecule has 24 heavy (non-hydrogen) atoms. The quantitative estimate of drug-likeness (QED) is 0.780. The molecular weight excluding hydrogens is 322 g/mol. The van der Waals surface area contributed by atoms with Crippen molar-refractivity contribution in [3.05, 3.63) is 29.8 Å². The molecule has 0 aliphatic rings. The van der Waals surface area contributed by atoms with Gasteiger partial charge in [0.15, 0.2) is 0 Å². The van der Waals surface area contributed by atoms with Crippen LogP contribution in [-0.4, -0.2) is 37.4 Å². The lowest BCUT2D eigenvalue weighted by atomic mass is 10.1. The van der Waals surface area contributed by atoms with Gasteiger partial charge in [-0.05, 0) is 61.7 Å². The van der Waals surface area contributed by atoms with Gasteiger partial charge in [-0.25, -0.2) is 0 Å². The standard InChI is InChI=1S/C17H25N5OS/c1-5-6-7-13-8-10-14(11-9-13)22-16(19-20-21-22)24-12-15(23)18-17(2,3)4/h8-11H,5-7,12H2,1-4H3,(H,18,23). The fourth-order valence-electron chi connectivity index (χ4n) is 2.20. The van der Waals surface area contributed by atoms with E-state index in [0.717, 1.165) is 12.1 Å². The highest BCUT2D eigenvalue weighted by Gasteiger charge is 2.16. The van der Waals surface area contributed by atoms with Crippen molar-refractivity contribution in [3.8, 4) is 5.69 Å². The molecule has 2 aromatic rings. The molecule has 1 aromatic heterocycles. The number of carbonyl (C=O) groups is 1. The zero-order valence-electron chi connectivity index (χ0n) is 14.7. The second-order valence-electron chi connectivity index (χ2n) is 6.73. The highest BCUT2D eigenvalue weighted by Crippen LogP contribution is 2.19. The van der Waals surface area contributed by atoms with Gasteiger partial charge in [-0.2, -0.15) is 4.68 Å². The molecule has 6 nitrogen and oxygen atoms in total. The zero-order valence-corrected chi connectivity index (χ0v) is 15.6. The Morgan fingerprint density at radius 2 is 1.96 bits per heavy atom. The molecule has 0 saturated heterocycles. The number of amides is 1. The predicted molar refractivity (Wildman–Crippen MR) is 96.4 cm³/mol. The monoisotopic (exact) mass is 347 g/mol. The van der Waals surface area contributed by atoms with Crippen LogP contribution >= 0.6 is 11.8 Å². The maximum atomic E-state index is 11.9. The number of thioether (sulfide) groups is 1. The van der Waals surface area contributed by atoms with Crippen molar-refractivity contribution in [2.75, 3.05) is 5.75 Å². The summed E-state index contributed by atoms with van der Waals surface area (Å²) < 4.78 is 1.67. The lowest BCUT2D eigenvalue weighted by Crippen LogP contribution is -2.41. The van der Waals surface area contributed by atoms with Crippen molar-refractivity contribution in [1.29, 1.82) is 0 Å². The van der Waals surface area contributed by atoms with Crippen LogP contribution in [0.15, 0.2) is 29.4 Å². The van der Waals surface area contributed by atoms with E-state index in [4.69, 9.17) is 0 Å². The molecule has 2 rings (SSSR count). The molecule has 0 unspecified atom stereocenters. The van der Waals surface area contributed by atoms with Crippen LogP contribution in [0.5, 0.6) is 0 Å². The minimum absolute atomic E-state index is 0.0306. The molecule has 1 amide bonds. The largest absolute Gasteiger partial charge is 0.351 e. The van der Waals surface area contributed by atoms with Crippen molar-refractivity contribution in [1.82, 2.24) is 25.5 Å². The van der Waals surface area contributed by atoms with Crippen molar-refractivity contribution in [2.45, 2.75) is 57.7 Å². The van der Waals surface area contributed by atoms with Gasteiger partial charge in [0.2, 0.25) is 11.1 Å². The number of aromatic nitrogens is 4. The van der Waals surface area contributed by atoms with Gasteiger partial charge >= 0.3 is 0 Å². The highest BCUT2D eigenvalue weighted by atomic mass is 32.2. The first-order chi connectivity index (χ1) is 11.4. The number of hydrogen-bond acceptors (Lipinski definition) is 5. The minimum atomic E-state index is -0.238. The molecule has 0 saturated carbocycles. The summed E-state index contributed by atoms with van der Waals surface area (Å²) in [6, 6.07) is 8.24. The first-order valence-corrected chi connectivity index (χ1v) is 9.19. The van der Waals surface area contributed by atoms with Crippen LogP contribution in [0.4, 0.5) is 0 Å². The van der Waals surface area contributed by atoms with E-state index in [9.17, 15) is 4.79 Å². The third-order valence-electron chi connectivity index (χ3n) is 3.29. The summed E-state index contributed by atoms with van der Waals surface area (Å²) in [6.07, 6.45) is 3.46. The molecule has 130 valence electrons. The Labute approximate surface area is 147 Å². The predicted octanol–water partition coefficient (Wildman–Crippen LogP) is 3.01. The maximum absolute atomic E-state index is 11.9. The van der Waals surface area contributed by atoms with Gasteiger partial charge in [-0.1, -0.05) is 37.2 Å². The van der Waals surface area contributed by atoms with E-state index in [1.54, 1.807) is 4.68 Å². The van der Waals surface area contributed by atoms with Crippen LogP contribution in [0.1, 0.15) is 46.1 Å². The van der Waals surface area contributed by atoms with E-state index >= 15 is 0 Å². The smallest absolute Gasteiger partial charge is 0.230 e. The zero-order chi connectivity index (χ0) is 17.6. The number of tetrazole rings is 1. The summed E-state index contributed by atoms with van der Waals surface area (Å²) >= 11 is 1.33. The van der Waals surface area contributed by atoms with E-state index in [0.29, 0.717) is 5.16 Å². The number of benzene rings is 1. The number of hydrogen-bond donors (Lipinski definition) is 1. The van der Waals surface area contributed by atoms with Gasteiger partial charge in [0.25, 0.3) is 0 Å². The SMILES string of the molecule is CCCCc1ccc(-n2nnnc2SCC(=O)NC(C)(C)C)cc1. The number of nitrogens with one attached hydrogen (secondary N) is 1. The fourth-order valence-corrected chi connectivity index (χ4v) is 2.89. The van der Waals surface area contributed by atoms with Gasteiger partial charge < -0.3 is 5.32 Å². The van der Waals surface area contributed by atoms with E-state index < -0.39 is 0 Å². The minimum Gasteiger partial charge on any atom is -0.351 e. The van der Waals surface area contributed by atoms with Crippen molar-refractivity contribution < 1.29 is 4.79 Å². The fraction of sp³-hybridized carbons (Fsp3) is 0.529. The van der Waals surface area contributed by atoms with E-state index in [1.807, 2.05) is 32.9 Å². The first kappa shape index (κ1) is 18.4. The van der Waals surface area contributed by atoms with Crippen molar-refractivity contribution in [2.24, 2.45) is 0 Å². The third kappa shape index (κ3) is 5.63. The van der Waals surface area contributed by atoms with E-state index in [2.05, 4.69) is 39.9 Å². The molecule has 0 atom stereocenters. The Morgan fingerprint density at radius 1 is 1.25 bits per heavy atom. The lowest BCUT2D eigenvalue weighted by Gasteiger charge is -2.20. The van der Waals surface area contributed by atoms with Crippen LogP contribution in [0.25, 0.3) is 5.69 Å². The Kier molecular flexibility index (Phi) is 6.36. The number of aryl methyl sites for hydroxylation is 1. The summed E-state index contributed by atoms with van der Waals surface area (Å²) in [5, 5.41) is 15.3. The lowest BCUT2D eigenvalue weighted by molar-refractivity contribution is -0.119. The Balaban J connectivity index is 2.00. The molecule has 0 aliphatic carbocycles. The van der Waals surface area contributed by atoms with Crippen LogP contribution in [0.2, 0.25) is 0 Å². The second-order valence-corrected chi connectivity index (χ2v) is 7.67. The normalized spacial score (nSPS) is 11.5. The van der Waals surface area contributed by atoms with Crippen molar-refractivity contribution in [3.63, 3.8) is 0 Å². The third-order valence-corrected chi connectivity index (χ3v) is 4.21. The molecule has 0 aliphatic heterocycles. The topological polar surface area (TPSA) is 72.7 Å². The Hall–Kier alpha value is -1.89. The number of nitrogens with zero attached hydrogens (tertiary/aromatic N) is 4. The number of rotatable bonds is 7. The Morgan fingerprint density at radius 3 is 2.58 bits per heavy atom. The van der Waals surface area contributed by atoms with Crippen LogP contribution in [0, 0.1) is 0 Å². The summed E-state index contributed by atoms with van der Waals surface area (Å²) in [5.41, 5.74) is 1.98. The van der Waals surface area contributed by atoms with E-state index in [1.165, 1.54) is 30.2 Å². The molecule has 1 N–H and O–H groups in total. The van der Waals surface area contributed by atoms with Crippen molar-refractivity contribution >= 4 is 17.7 Å². The molecule has 0 fully saturated rings. The van der Waals surface area contributed by atoms with Crippen LogP contribution in [-0.2, 0) is 11.2 Å². The summed E-state index contributed by atoms with van der Waals surface area (Å²) in [4.78, 5) is 11.9. The van der Waals surface area contributed by atoms with Gasteiger partial charge in [0.05, 0.1) is 11.4 Å². The van der Waals surface area contributed by atoms with E-state index in [-0.39, 0.29) is 17.2 Å². The first-order valence-electron chi connectivity index (χ1n) is 8.20. The average Bonchev–Trinajstić information content (AvgIpc) is 2.98. The summed E-state index contributed by atoms with van der Waals surface area (Å²) in [5.74, 6) is 0.253. The highest BCUT2D eigenvalue weighted by molar-refractivity contribution is 7.99. The molecule has 0 bridgehead atoms. The molecule has 7 heteroatoms. The Bertz CT molecular complexity index is 660. The maximum Gasteiger partial charge on any atom is 0.230 e. The van der Waals surface area contributed by atoms with Crippen LogP contribution < -0.4 is 5.32 Å². The molecule has 1 heterocycles. The number of unbranched alkanes of at least 4 members (excludes halogenated alkanes) is 1. The van der Waals surface area contributed by atoms with Gasteiger partial charge in [0.1, 0.15) is 0 Å². The van der Waals surface area contributed by atoms with Gasteiger partial charge in [0, 0.05) is 5.54 Å². The van der Waals surface area contributed by atoms with Gasteiger partial charge in [-0.15, -0.1) is 5.10 Å². The summed E-state index contributed by atoms with van der Waals surface area (Å²) in [6.45, 7) is 8.06. The summed E-state index contributed by atoms with van der Waals surface area (Å²) in [7, 11) is 0. The van der Waals surface area contributed by atoms with Crippen LogP contribution in [0.3, 0.4) is 0 Å². The molecular formula is C17H25N5OS.